The maximum atomic E-state index is 12.4. The fraction of sp³-hybridized carbons (Fsp3) is 0.842. The van der Waals surface area contributed by atoms with Gasteiger partial charge in [0.05, 0.1) is 13.2 Å². The number of hydrogen-bond donors (Lipinski definition) is 3. The number of fused-ring (bicyclic) bond motifs is 1. The largest absolute Gasteiger partial charge is 0.396 e. The van der Waals surface area contributed by atoms with E-state index >= 15 is 0 Å². The van der Waals surface area contributed by atoms with E-state index in [9.17, 15) is 9.90 Å². The van der Waals surface area contributed by atoms with E-state index in [1.165, 1.54) is 0 Å². The first-order valence-electron chi connectivity index (χ1n) is 10.5. The lowest BCUT2D eigenvalue weighted by Gasteiger charge is -2.24. The smallest absolute Gasteiger partial charge is 0.345 e. The number of aliphatic imine (C=N–C) groups is 1. The van der Waals surface area contributed by atoms with Crippen LogP contribution in [0.2, 0.25) is 0 Å². The highest BCUT2D eigenvalue weighted by atomic mass is 16.5. The van der Waals surface area contributed by atoms with Crippen LogP contribution in [0.3, 0.4) is 0 Å². The fourth-order valence-corrected chi connectivity index (χ4v) is 3.91. The maximum absolute atomic E-state index is 12.4. The molecule has 9 heteroatoms. The van der Waals surface area contributed by atoms with Gasteiger partial charge in [0, 0.05) is 51.2 Å². The summed E-state index contributed by atoms with van der Waals surface area (Å²) < 4.78 is 8.94. The van der Waals surface area contributed by atoms with Crippen molar-refractivity contribution in [3.05, 3.63) is 16.3 Å². The molecule has 0 aromatic carbocycles. The van der Waals surface area contributed by atoms with Crippen LogP contribution in [0.5, 0.6) is 0 Å². The van der Waals surface area contributed by atoms with Gasteiger partial charge in [0.1, 0.15) is 5.82 Å². The van der Waals surface area contributed by atoms with E-state index in [1.807, 2.05) is 11.5 Å². The normalized spacial score (nSPS) is 22.3. The number of aliphatic hydroxyl groups is 1. The van der Waals surface area contributed by atoms with Crippen LogP contribution in [0.25, 0.3) is 0 Å². The standard InChI is InChI=1S/C19H34N6O3/c1-2-20-17(22-14-19(7-12-26)8-13-28-15-19)21-9-5-11-25-18(27)24-10-4-3-6-16(24)23-25/h26H,2-15H2,1H3,(H2,20,21,22). The molecule has 1 aromatic heterocycles. The van der Waals surface area contributed by atoms with E-state index in [1.54, 1.807) is 4.68 Å². The monoisotopic (exact) mass is 394 g/mol. The van der Waals surface area contributed by atoms with Crippen LogP contribution in [0.1, 0.15) is 44.9 Å². The highest BCUT2D eigenvalue weighted by Crippen LogP contribution is 2.32. The van der Waals surface area contributed by atoms with Gasteiger partial charge in [-0.05, 0) is 39.0 Å². The van der Waals surface area contributed by atoms with Crippen molar-refractivity contribution in [2.45, 2.75) is 58.5 Å². The molecule has 0 spiro atoms. The van der Waals surface area contributed by atoms with E-state index < -0.39 is 0 Å². The summed E-state index contributed by atoms with van der Waals surface area (Å²) in [5.41, 5.74) is -0.0395. The van der Waals surface area contributed by atoms with Gasteiger partial charge >= 0.3 is 5.69 Å². The number of rotatable bonds is 9. The van der Waals surface area contributed by atoms with Crippen molar-refractivity contribution >= 4 is 5.96 Å². The molecule has 1 atom stereocenters. The van der Waals surface area contributed by atoms with Gasteiger partial charge < -0.3 is 20.5 Å². The van der Waals surface area contributed by atoms with Crippen molar-refractivity contribution in [2.24, 2.45) is 10.4 Å². The van der Waals surface area contributed by atoms with Crippen molar-refractivity contribution in [3.63, 3.8) is 0 Å². The highest BCUT2D eigenvalue weighted by molar-refractivity contribution is 5.79. The molecule has 3 rings (SSSR count). The van der Waals surface area contributed by atoms with Gasteiger partial charge in [-0.3, -0.25) is 9.56 Å². The van der Waals surface area contributed by atoms with Gasteiger partial charge in [-0.1, -0.05) is 0 Å². The Morgan fingerprint density at radius 3 is 3.00 bits per heavy atom. The second-order valence-corrected chi connectivity index (χ2v) is 7.78. The van der Waals surface area contributed by atoms with Crippen molar-refractivity contribution in [2.75, 3.05) is 39.5 Å². The maximum Gasteiger partial charge on any atom is 0.345 e. The molecule has 0 bridgehead atoms. The Morgan fingerprint density at radius 1 is 1.39 bits per heavy atom. The lowest BCUT2D eigenvalue weighted by atomic mass is 9.84. The van der Waals surface area contributed by atoms with Gasteiger partial charge in [-0.25, -0.2) is 9.48 Å². The molecule has 2 aliphatic rings. The zero-order valence-corrected chi connectivity index (χ0v) is 17.0. The van der Waals surface area contributed by atoms with Gasteiger partial charge in [0.2, 0.25) is 0 Å². The van der Waals surface area contributed by atoms with Crippen molar-refractivity contribution in [3.8, 4) is 0 Å². The van der Waals surface area contributed by atoms with Crippen molar-refractivity contribution in [1.29, 1.82) is 0 Å². The summed E-state index contributed by atoms with van der Waals surface area (Å²) in [6, 6.07) is 0. The van der Waals surface area contributed by atoms with E-state index in [-0.39, 0.29) is 17.7 Å². The SMILES string of the molecule is CCNC(=NCC1(CCO)CCOC1)NCCCn1nc2n(c1=O)CCCC2. The Labute approximate surface area is 166 Å². The van der Waals surface area contributed by atoms with Crippen molar-refractivity contribution in [1.82, 2.24) is 25.0 Å². The molecule has 1 fully saturated rings. The summed E-state index contributed by atoms with van der Waals surface area (Å²) in [6.45, 7) is 7.12. The third-order valence-electron chi connectivity index (χ3n) is 5.61. The fourth-order valence-electron chi connectivity index (χ4n) is 3.91. The predicted molar refractivity (Wildman–Crippen MR) is 108 cm³/mol. The number of nitrogens with zero attached hydrogens (tertiary/aromatic N) is 4. The Balaban J connectivity index is 1.50. The number of nitrogens with one attached hydrogen (secondary N) is 2. The molecule has 3 heterocycles. The molecule has 1 saturated heterocycles. The van der Waals surface area contributed by atoms with Gasteiger partial charge in [-0.15, -0.1) is 0 Å². The Hall–Kier alpha value is -1.87. The third-order valence-corrected chi connectivity index (χ3v) is 5.61. The van der Waals surface area contributed by atoms with Crippen LogP contribution < -0.4 is 16.3 Å². The molecule has 1 unspecified atom stereocenters. The number of aliphatic hydroxyl groups excluding tert-OH is 1. The quantitative estimate of drug-likeness (QED) is 0.312. The average molecular weight is 395 g/mol. The van der Waals surface area contributed by atoms with Crippen LogP contribution in [0.15, 0.2) is 9.79 Å². The van der Waals surface area contributed by atoms with E-state index in [4.69, 9.17) is 9.73 Å². The lowest BCUT2D eigenvalue weighted by molar-refractivity contribution is 0.131. The first-order chi connectivity index (χ1) is 13.7. The Kier molecular flexibility index (Phi) is 7.50. The molecule has 158 valence electrons. The van der Waals surface area contributed by atoms with Crippen LogP contribution in [0, 0.1) is 5.41 Å². The van der Waals surface area contributed by atoms with E-state index in [2.05, 4.69) is 15.7 Å². The van der Waals surface area contributed by atoms with Gasteiger partial charge in [-0.2, -0.15) is 5.10 Å². The Morgan fingerprint density at radius 2 is 2.29 bits per heavy atom. The molecule has 0 saturated carbocycles. The second-order valence-electron chi connectivity index (χ2n) is 7.78. The van der Waals surface area contributed by atoms with Crippen molar-refractivity contribution < 1.29 is 9.84 Å². The summed E-state index contributed by atoms with van der Waals surface area (Å²) in [5.74, 6) is 1.69. The second kappa shape index (κ2) is 10.1. The first-order valence-corrected chi connectivity index (χ1v) is 10.5. The van der Waals surface area contributed by atoms with Crippen LogP contribution in [0.4, 0.5) is 0 Å². The number of ether oxygens (including phenoxy) is 1. The molecule has 0 aliphatic carbocycles. The highest BCUT2D eigenvalue weighted by Gasteiger charge is 2.34. The summed E-state index contributed by atoms with van der Waals surface area (Å²) in [6.07, 6.45) is 5.52. The van der Waals surface area contributed by atoms with Gasteiger partial charge in [0.25, 0.3) is 0 Å². The molecular weight excluding hydrogens is 360 g/mol. The minimum Gasteiger partial charge on any atom is -0.396 e. The number of aryl methyl sites for hydroxylation is 2. The van der Waals surface area contributed by atoms with Crippen LogP contribution in [-0.4, -0.2) is 64.9 Å². The minimum atomic E-state index is -0.0556. The molecule has 28 heavy (non-hydrogen) atoms. The molecule has 9 nitrogen and oxygen atoms in total. The summed E-state index contributed by atoms with van der Waals surface area (Å²) in [5, 5.41) is 20.4. The van der Waals surface area contributed by atoms with Gasteiger partial charge in [0.15, 0.2) is 5.96 Å². The summed E-state index contributed by atoms with van der Waals surface area (Å²) >= 11 is 0. The van der Waals surface area contributed by atoms with Crippen LogP contribution >= 0.6 is 0 Å². The number of guanidine groups is 1. The number of aromatic nitrogens is 3. The van der Waals surface area contributed by atoms with E-state index in [0.29, 0.717) is 32.7 Å². The number of hydrogen-bond acceptors (Lipinski definition) is 5. The zero-order chi connectivity index (χ0) is 19.8. The minimum absolute atomic E-state index is 0.0162. The topological polar surface area (TPSA) is 106 Å². The molecule has 1 aromatic rings. The molecule has 0 radical (unpaired) electrons. The third kappa shape index (κ3) is 5.14. The molecule has 2 aliphatic heterocycles. The first kappa shape index (κ1) is 20.9. The Bertz CT molecular complexity index is 705. The summed E-state index contributed by atoms with van der Waals surface area (Å²) in [7, 11) is 0. The molecule has 0 amide bonds. The predicted octanol–water partition coefficient (Wildman–Crippen LogP) is 0.115. The average Bonchev–Trinajstić information content (AvgIpc) is 3.29. The van der Waals surface area contributed by atoms with E-state index in [0.717, 1.165) is 63.6 Å². The molecule has 3 N–H and O–H groups in total. The molecular formula is C19H34N6O3. The zero-order valence-electron chi connectivity index (χ0n) is 17.0. The lowest BCUT2D eigenvalue weighted by Crippen LogP contribution is -2.39. The summed E-state index contributed by atoms with van der Waals surface area (Å²) in [4.78, 5) is 17.1. The van der Waals surface area contributed by atoms with Crippen LogP contribution in [-0.2, 0) is 24.2 Å².